The first-order chi connectivity index (χ1) is 12.7. The number of hydrogen-bond acceptors (Lipinski definition) is 6. The van der Waals surface area contributed by atoms with Crippen molar-refractivity contribution in [1.29, 1.82) is 0 Å². The first-order valence-corrected chi connectivity index (χ1v) is 10.5. The van der Waals surface area contributed by atoms with E-state index in [1.165, 1.54) is 25.9 Å². The number of carbonyl (C=O) groups is 1. The van der Waals surface area contributed by atoms with Gasteiger partial charge in [0.1, 0.15) is 5.60 Å². The Morgan fingerprint density at radius 2 is 2.04 bits per heavy atom. The van der Waals surface area contributed by atoms with Crippen molar-refractivity contribution in [2.45, 2.75) is 65.1 Å². The van der Waals surface area contributed by atoms with Gasteiger partial charge in [-0.25, -0.2) is 4.79 Å². The van der Waals surface area contributed by atoms with Crippen molar-refractivity contribution in [3.05, 3.63) is 0 Å². The van der Waals surface area contributed by atoms with Gasteiger partial charge in [-0.05, 0) is 46.1 Å². The quantitative estimate of drug-likeness (QED) is 0.593. The summed E-state index contributed by atoms with van der Waals surface area (Å²) in [5, 5.41) is 3.61. The monoisotopic (exact) mass is 507 g/mol. The molecule has 1 amide bonds. The number of nitrogens with one attached hydrogen (secondary N) is 1. The second kappa shape index (κ2) is 9.82. The molecule has 0 radical (unpaired) electrons. The smallest absolute Gasteiger partial charge is 0.410 e. The largest absolute Gasteiger partial charge is 0.444 e. The van der Waals surface area contributed by atoms with E-state index >= 15 is 0 Å². The molecule has 0 aromatic rings. The molecule has 0 saturated carbocycles. The van der Waals surface area contributed by atoms with Crippen LogP contribution in [-0.2, 0) is 4.74 Å². The van der Waals surface area contributed by atoms with Crippen molar-refractivity contribution < 1.29 is 9.53 Å². The molecule has 162 valence electrons. The highest BCUT2D eigenvalue weighted by molar-refractivity contribution is 14.0. The van der Waals surface area contributed by atoms with Crippen molar-refractivity contribution in [1.82, 2.24) is 20.0 Å². The molecule has 3 aliphatic rings. The Bertz CT molecular complexity index is 563. The molecule has 3 rings (SSSR count). The van der Waals surface area contributed by atoms with Gasteiger partial charge in [0.15, 0.2) is 5.96 Å². The predicted molar refractivity (Wildman–Crippen MR) is 123 cm³/mol. The van der Waals surface area contributed by atoms with Crippen molar-refractivity contribution in [2.75, 3.05) is 45.8 Å². The number of carbonyl (C=O) groups excluding carboxylic acids is 1. The molecule has 3 heterocycles. The number of ether oxygens (including phenoxy) is 1. The summed E-state index contributed by atoms with van der Waals surface area (Å²) < 4.78 is 5.52. The minimum atomic E-state index is -0.448. The lowest BCUT2D eigenvalue weighted by atomic mass is 10.1. The minimum Gasteiger partial charge on any atom is -0.444 e. The fourth-order valence-corrected chi connectivity index (χ4v) is 4.27. The van der Waals surface area contributed by atoms with Gasteiger partial charge < -0.3 is 19.9 Å². The average molecular weight is 507 g/mol. The maximum Gasteiger partial charge on any atom is 0.410 e. The lowest BCUT2D eigenvalue weighted by Crippen LogP contribution is -2.58. The number of halogens is 1. The van der Waals surface area contributed by atoms with E-state index in [0.29, 0.717) is 25.0 Å². The Hall–Kier alpha value is -0.770. The Labute approximate surface area is 187 Å². The van der Waals surface area contributed by atoms with Crippen LogP contribution in [0.15, 0.2) is 4.99 Å². The molecular weight excluding hydrogens is 469 g/mol. The highest BCUT2D eigenvalue weighted by Gasteiger charge is 2.37. The number of amides is 1. The Balaban J connectivity index is 0.00000280. The van der Waals surface area contributed by atoms with Crippen molar-refractivity contribution in [2.24, 2.45) is 10.9 Å². The summed E-state index contributed by atoms with van der Waals surface area (Å²) in [6.07, 6.45) is 2.35. The molecule has 3 aliphatic heterocycles. The zero-order valence-electron chi connectivity index (χ0n) is 18.1. The Morgan fingerprint density at radius 3 is 2.71 bits per heavy atom. The van der Waals surface area contributed by atoms with E-state index in [1.54, 1.807) is 0 Å². The fourth-order valence-electron chi connectivity index (χ4n) is 4.27. The second-order valence-electron chi connectivity index (χ2n) is 9.50. The van der Waals surface area contributed by atoms with Gasteiger partial charge in [0.25, 0.3) is 0 Å². The molecule has 1 N–H and O–H groups in total. The zero-order valence-corrected chi connectivity index (χ0v) is 20.4. The molecule has 1 unspecified atom stereocenters. The molecule has 0 bridgehead atoms. The third-order valence-electron chi connectivity index (χ3n) is 5.45. The molecular formula is C20H38IN5O2. The van der Waals surface area contributed by atoms with E-state index in [9.17, 15) is 4.79 Å². The summed E-state index contributed by atoms with van der Waals surface area (Å²) in [4.78, 5) is 23.8. The molecule has 2 atom stereocenters. The van der Waals surface area contributed by atoms with E-state index in [1.807, 2.05) is 25.7 Å². The van der Waals surface area contributed by atoms with E-state index in [2.05, 4.69) is 29.0 Å². The number of rotatable bonds is 4. The number of piperazine rings is 1. The fraction of sp³-hybridized carbons (Fsp3) is 0.900. The minimum absolute atomic E-state index is 0. The van der Waals surface area contributed by atoms with E-state index < -0.39 is 5.60 Å². The van der Waals surface area contributed by atoms with Gasteiger partial charge in [-0.3, -0.25) is 9.89 Å². The number of likely N-dealkylation sites (tertiary alicyclic amines) is 1. The van der Waals surface area contributed by atoms with Crippen LogP contribution in [-0.4, -0.2) is 90.3 Å². The molecule has 2 fully saturated rings. The van der Waals surface area contributed by atoms with Gasteiger partial charge in [0.2, 0.25) is 0 Å². The summed E-state index contributed by atoms with van der Waals surface area (Å²) in [6.45, 7) is 16.6. The lowest BCUT2D eigenvalue weighted by molar-refractivity contribution is 0.0137. The van der Waals surface area contributed by atoms with Crippen LogP contribution in [0, 0.1) is 5.92 Å². The maximum absolute atomic E-state index is 12.3. The summed E-state index contributed by atoms with van der Waals surface area (Å²) in [5.74, 6) is 1.72. The standard InChI is InChI=1S/C20H37N5O2.HI/c1-15(2)13-23-8-6-7-16(23)11-21-18-22-12-17-14-24(9-10-25(17)18)19(26)27-20(3,4)5;/h15-17H,6-14H2,1-5H3,(H,21,22);1H/t16-,17?;/m1./s1. The van der Waals surface area contributed by atoms with Gasteiger partial charge in [0, 0.05) is 38.8 Å². The van der Waals surface area contributed by atoms with Crippen LogP contribution < -0.4 is 5.32 Å². The van der Waals surface area contributed by atoms with Crippen LogP contribution in [0.25, 0.3) is 0 Å². The van der Waals surface area contributed by atoms with Crippen molar-refractivity contribution in [3.63, 3.8) is 0 Å². The molecule has 0 aliphatic carbocycles. The highest BCUT2D eigenvalue weighted by atomic mass is 127. The number of nitrogens with zero attached hydrogens (tertiary/aromatic N) is 4. The average Bonchev–Trinajstić information content (AvgIpc) is 3.16. The number of guanidine groups is 1. The van der Waals surface area contributed by atoms with Gasteiger partial charge in [-0.15, -0.1) is 24.0 Å². The molecule has 0 aromatic carbocycles. The summed E-state index contributed by atoms with van der Waals surface area (Å²) >= 11 is 0. The Morgan fingerprint density at radius 1 is 1.29 bits per heavy atom. The SMILES string of the molecule is CC(C)CN1CCC[C@@H]1CNC1=NCC2CN(C(=O)OC(C)(C)C)CCN12.I. The summed E-state index contributed by atoms with van der Waals surface area (Å²) in [7, 11) is 0. The molecule has 8 heteroatoms. The third kappa shape index (κ3) is 6.11. The Kier molecular flexibility index (Phi) is 8.25. The third-order valence-corrected chi connectivity index (χ3v) is 5.45. The van der Waals surface area contributed by atoms with E-state index in [0.717, 1.165) is 25.6 Å². The van der Waals surface area contributed by atoms with Crippen LogP contribution in [0.1, 0.15) is 47.5 Å². The van der Waals surface area contributed by atoms with Crippen LogP contribution in [0.3, 0.4) is 0 Å². The summed E-state index contributed by atoms with van der Waals surface area (Å²) in [6, 6.07) is 0.876. The first-order valence-electron chi connectivity index (χ1n) is 10.5. The highest BCUT2D eigenvalue weighted by Crippen LogP contribution is 2.20. The lowest BCUT2D eigenvalue weighted by Gasteiger charge is -2.39. The molecule has 0 aromatic heterocycles. The van der Waals surface area contributed by atoms with Crippen LogP contribution in [0.5, 0.6) is 0 Å². The molecule has 0 spiro atoms. The number of aliphatic imine (C=N–C) groups is 1. The van der Waals surface area contributed by atoms with Gasteiger partial charge in [-0.1, -0.05) is 13.8 Å². The normalized spacial score (nSPS) is 25.4. The molecule has 7 nitrogen and oxygen atoms in total. The molecule has 2 saturated heterocycles. The first kappa shape index (κ1) is 23.5. The summed E-state index contributed by atoms with van der Waals surface area (Å²) in [5.41, 5.74) is -0.448. The molecule has 28 heavy (non-hydrogen) atoms. The van der Waals surface area contributed by atoms with Gasteiger partial charge in [-0.2, -0.15) is 0 Å². The predicted octanol–water partition coefficient (Wildman–Crippen LogP) is 2.61. The number of fused-ring (bicyclic) bond motifs is 1. The van der Waals surface area contributed by atoms with E-state index in [-0.39, 0.29) is 36.1 Å². The van der Waals surface area contributed by atoms with E-state index in [4.69, 9.17) is 9.73 Å². The van der Waals surface area contributed by atoms with Crippen LogP contribution >= 0.6 is 24.0 Å². The zero-order chi connectivity index (χ0) is 19.6. The second-order valence-corrected chi connectivity index (χ2v) is 9.50. The maximum atomic E-state index is 12.3. The van der Waals surface area contributed by atoms with Crippen LogP contribution in [0.2, 0.25) is 0 Å². The van der Waals surface area contributed by atoms with Gasteiger partial charge in [0.05, 0.1) is 12.6 Å². The number of hydrogen-bond donors (Lipinski definition) is 1. The van der Waals surface area contributed by atoms with Crippen LogP contribution in [0.4, 0.5) is 4.79 Å². The topological polar surface area (TPSA) is 60.4 Å². The van der Waals surface area contributed by atoms with Gasteiger partial charge >= 0.3 is 6.09 Å². The van der Waals surface area contributed by atoms with Crippen molar-refractivity contribution >= 4 is 36.0 Å². The van der Waals surface area contributed by atoms with Crippen molar-refractivity contribution in [3.8, 4) is 0 Å².